The number of fused-ring (bicyclic) bond motifs is 1. The Balaban J connectivity index is 1.77. The van der Waals surface area contributed by atoms with Crippen LogP contribution in [0, 0.1) is 5.92 Å². The molecule has 1 amide bonds. The Bertz CT molecular complexity index is 540. The summed E-state index contributed by atoms with van der Waals surface area (Å²) in [6.07, 6.45) is 5.70. The molecule has 1 aliphatic rings. The van der Waals surface area contributed by atoms with Crippen LogP contribution >= 0.6 is 0 Å². The Kier molecular flexibility index (Phi) is 2.59. The second-order valence-electron chi connectivity index (χ2n) is 4.75. The predicted molar refractivity (Wildman–Crippen MR) is 68.0 cm³/mol. The van der Waals surface area contributed by atoms with Gasteiger partial charge in [-0.25, -0.2) is 0 Å². The molecular weight excluding hydrogens is 212 g/mol. The molecule has 3 heteroatoms. The molecule has 1 fully saturated rings. The van der Waals surface area contributed by atoms with Crippen molar-refractivity contribution in [3.63, 3.8) is 0 Å². The van der Waals surface area contributed by atoms with Crippen LogP contribution in [0.15, 0.2) is 30.5 Å². The minimum atomic E-state index is 0.0436. The molecule has 1 aromatic heterocycles. The molecule has 0 saturated heterocycles. The molecule has 3 rings (SSSR count). The van der Waals surface area contributed by atoms with Crippen molar-refractivity contribution in [2.75, 3.05) is 6.54 Å². The second-order valence-corrected chi connectivity index (χ2v) is 4.75. The van der Waals surface area contributed by atoms with E-state index in [9.17, 15) is 4.79 Å². The van der Waals surface area contributed by atoms with Crippen molar-refractivity contribution in [3.05, 3.63) is 36.0 Å². The molecule has 17 heavy (non-hydrogen) atoms. The van der Waals surface area contributed by atoms with Crippen LogP contribution < -0.4 is 5.32 Å². The average molecular weight is 228 g/mol. The molecule has 2 N–H and O–H groups in total. The van der Waals surface area contributed by atoms with Gasteiger partial charge >= 0.3 is 0 Å². The Morgan fingerprint density at radius 1 is 1.35 bits per heavy atom. The number of H-pyrrole nitrogens is 1. The minimum absolute atomic E-state index is 0.0436. The SMILES string of the molecule is O=C(NCC1CCC1)c1cccc2[nH]ccc12. The lowest BCUT2D eigenvalue weighted by atomic mass is 9.85. The van der Waals surface area contributed by atoms with Crippen LogP contribution in [0.1, 0.15) is 29.6 Å². The van der Waals surface area contributed by atoms with E-state index in [1.807, 2.05) is 30.5 Å². The van der Waals surface area contributed by atoms with Gasteiger partial charge in [-0.05, 0) is 37.0 Å². The first kappa shape index (κ1) is 10.4. The van der Waals surface area contributed by atoms with Gasteiger partial charge in [0.1, 0.15) is 0 Å². The molecule has 2 aromatic rings. The normalized spacial score (nSPS) is 15.8. The van der Waals surface area contributed by atoms with Crippen LogP contribution in [-0.2, 0) is 0 Å². The highest BCUT2D eigenvalue weighted by Gasteiger charge is 2.18. The van der Waals surface area contributed by atoms with Gasteiger partial charge in [0.2, 0.25) is 0 Å². The van der Waals surface area contributed by atoms with Crippen molar-refractivity contribution in [2.45, 2.75) is 19.3 Å². The fourth-order valence-electron chi connectivity index (χ4n) is 2.31. The topological polar surface area (TPSA) is 44.9 Å². The lowest BCUT2D eigenvalue weighted by Gasteiger charge is -2.25. The fourth-order valence-corrected chi connectivity index (χ4v) is 2.31. The standard InChI is InChI=1S/C14H16N2O/c17-14(16-9-10-3-1-4-10)12-5-2-6-13-11(12)7-8-15-13/h2,5-8,10,15H,1,3-4,9H2,(H,16,17). The lowest BCUT2D eigenvalue weighted by Crippen LogP contribution is -2.32. The van der Waals surface area contributed by atoms with E-state index in [4.69, 9.17) is 0 Å². The third-order valence-corrected chi connectivity index (χ3v) is 3.62. The number of hydrogen-bond donors (Lipinski definition) is 2. The molecular formula is C14H16N2O. The van der Waals surface area contributed by atoms with Crippen LogP contribution in [0.3, 0.4) is 0 Å². The number of carbonyl (C=O) groups is 1. The summed E-state index contributed by atoms with van der Waals surface area (Å²) in [4.78, 5) is 15.2. The lowest BCUT2D eigenvalue weighted by molar-refractivity contribution is 0.0941. The van der Waals surface area contributed by atoms with Gasteiger partial charge in [0, 0.05) is 29.2 Å². The maximum atomic E-state index is 12.1. The first-order chi connectivity index (χ1) is 8.34. The van der Waals surface area contributed by atoms with E-state index in [0.717, 1.165) is 23.0 Å². The summed E-state index contributed by atoms with van der Waals surface area (Å²) in [5.74, 6) is 0.742. The average Bonchev–Trinajstić information content (AvgIpc) is 2.74. The molecule has 0 spiro atoms. The summed E-state index contributed by atoms with van der Waals surface area (Å²) >= 11 is 0. The molecule has 1 aliphatic carbocycles. The monoisotopic (exact) mass is 228 g/mol. The molecule has 0 radical (unpaired) electrons. The third kappa shape index (κ3) is 1.93. The van der Waals surface area contributed by atoms with E-state index in [-0.39, 0.29) is 5.91 Å². The Labute approximate surface area is 100 Å². The molecule has 1 aromatic carbocycles. The number of aromatic amines is 1. The number of aromatic nitrogens is 1. The third-order valence-electron chi connectivity index (χ3n) is 3.62. The van der Waals surface area contributed by atoms with Gasteiger partial charge in [0.15, 0.2) is 0 Å². The highest BCUT2D eigenvalue weighted by Crippen LogP contribution is 2.25. The first-order valence-corrected chi connectivity index (χ1v) is 6.19. The van der Waals surface area contributed by atoms with Crippen LogP contribution in [0.5, 0.6) is 0 Å². The molecule has 88 valence electrons. The molecule has 1 heterocycles. The molecule has 0 atom stereocenters. The van der Waals surface area contributed by atoms with Gasteiger partial charge in [-0.1, -0.05) is 12.5 Å². The zero-order valence-electron chi connectivity index (χ0n) is 9.70. The summed E-state index contributed by atoms with van der Waals surface area (Å²) in [5, 5.41) is 4.03. The van der Waals surface area contributed by atoms with E-state index in [1.54, 1.807) is 0 Å². The summed E-state index contributed by atoms with van der Waals surface area (Å²) in [7, 11) is 0. The molecule has 0 aliphatic heterocycles. The predicted octanol–water partition coefficient (Wildman–Crippen LogP) is 2.70. The van der Waals surface area contributed by atoms with E-state index in [1.165, 1.54) is 19.3 Å². The number of hydrogen-bond acceptors (Lipinski definition) is 1. The van der Waals surface area contributed by atoms with Crippen LogP contribution in [0.4, 0.5) is 0 Å². The van der Waals surface area contributed by atoms with Gasteiger partial charge in [-0.15, -0.1) is 0 Å². The van der Waals surface area contributed by atoms with Gasteiger partial charge in [-0.2, -0.15) is 0 Å². The number of benzene rings is 1. The maximum absolute atomic E-state index is 12.1. The van der Waals surface area contributed by atoms with Crippen molar-refractivity contribution >= 4 is 16.8 Å². The number of amides is 1. The van der Waals surface area contributed by atoms with Gasteiger partial charge in [0.05, 0.1) is 0 Å². The van der Waals surface area contributed by atoms with Crippen molar-refractivity contribution in [1.82, 2.24) is 10.3 Å². The van der Waals surface area contributed by atoms with Crippen molar-refractivity contribution < 1.29 is 4.79 Å². The summed E-state index contributed by atoms with van der Waals surface area (Å²) < 4.78 is 0. The van der Waals surface area contributed by atoms with Gasteiger partial charge in [0.25, 0.3) is 5.91 Å². The zero-order chi connectivity index (χ0) is 11.7. The highest BCUT2D eigenvalue weighted by atomic mass is 16.1. The first-order valence-electron chi connectivity index (χ1n) is 6.19. The maximum Gasteiger partial charge on any atom is 0.251 e. The van der Waals surface area contributed by atoms with Crippen molar-refractivity contribution in [2.24, 2.45) is 5.92 Å². The smallest absolute Gasteiger partial charge is 0.251 e. The molecule has 3 nitrogen and oxygen atoms in total. The highest BCUT2D eigenvalue weighted by molar-refractivity contribution is 6.06. The second kappa shape index (κ2) is 4.24. The van der Waals surface area contributed by atoms with E-state index >= 15 is 0 Å². The Hall–Kier alpha value is -1.77. The van der Waals surface area contributed by atoms with Crippen LogP contribution in [0.25, 0.3) is 10.9 Å². The minimum Gasteiger partial charge on any atom is -0.361 e. The van der Waals surface area contributed by atoms with E-state index in [0.29, 0.717) is 5.92 Å². The van der Waals surface area contributed by atoms with E-state index in [2.05, 4.69) is 10.3 Å². The number of nitrogens with one attached hydrogen (secondary N) is 2. The number of rotatable bonds is 3. The Morgan fingerprint density at radius 3 is 3.00 bits per heavy atom. The quantitative estimate of drug-likeness (QED) is 0.833. The van der Waals surface area contributed by atoms with E-state index < -0.39 is 0 Å². The molecule has 0 unspecified atom stereocenters. The van der Waals surface area contributed by atoms with Crippen molar-refractivity contribution in [1.29, 1.82) is 0 Å². The largest absolute Gasteiger partial charge is 0.361 e. The zero-order valence-corrected chi connectivity index (χ0v) is 9.70. The van der Waals surface area contributed by atoms with Gasteiger partial charge < -0.3 is 10.3 Å². The number of carbonyl (C=O) groups excluding carboxylic acids is 1. The summed E-state index contributed by atoms with van der Waals surface area (Å²) in [5.41, 5.74) is 1.78. The molecule has 1 saturated carbocycles. The Morgan fingerprint density at radius 2 is 2.24 bits per heavy atom. The summed E-state index contributed by atoms with van der Waals surface area (Å²) in [6, 6.07) is 7.73. The molecule has 0 bridgehead atoms. The van der Waals surface area contributed by atoms with Crippen LogP contribution in [0.2, 0.25) is 0 Å². The van der Waals surface area contributed by atoms with Gasteiger partial charge in [-0.3, -0.25) is 4.79 Å². The van der Waals surface area contributed by atoms with Crippen LogP contribution in [-0.4, -0.2) is 17.4 Å². The fraction of sp³-hybridized carbons (Fsp3) is 0.357. The summed E-state index contributed by atoms with van der Waals surface area (Å²) in [6.45, 7) is 0.819. The van der Waals surface area contributed by atoms with Crippen molar-refractivity contribution in [3.8, 4) is 0 Å².